The molecule has 0 bridgehead atoms. The van der Waals surface area contributed by atoms with Gasteiger partial charge in [-0.1, -0.05) is 29.8 Å². The van der Waals surface area contributed by atoms with E-state index >= 15 is 0 Å². The molecule has 0 aromatic heterocycles. The summed E-state index contributed by atoms with van der Waals surface area (Å²) in [5.74, 6) is -1.27. The van der Waals surface area contributed by atoms with Crippen LogP contribution in [0.4, 0.5) is 16.2 Å². The van der Waals surface area contributed by atoms with Gasteiger partial charge in [0.1, 0.15) is 0 Å². The highest BCUT2D eigenvalue weighted by atomic mass is 16.2. The second kappa shape index (κ2) is 6.54. The van der Waals surface area contributed by atoms with Gasteiger partial charge in [-0.05, 0) is 31.2 Å². The molecule has 2 aromatic carbocycles. The van der Waals surface area contributed by atoms with Crippen LogP contribution in [0, 0.1) is 6.92 Å². The van der Waals surface area contributed by atoms with Crippen LogP contribution in [0.25, 0.3) is 0 Å². The molecule has 3 amide bonds. The molecule has 1 aliphatic rings. The normalized spacial score (nSPS) is 13.5. The van der Waals surface area contributed by atoms with Crippen molar-refractivity contribution in [3.05, 3.63) is 59.7 Å². The number of hydrogen-bond acceptors (Lipinski definition) is 3. The standard InChI is InChI=1S/C18H17N3O3/c1-12-2-4-13(5-3-12)16(22)17(23)20-14-6-8-15(9-7-14)21-11-10-19-18(21)24/h2-9H,10-11H2,1H3,(H,19,24)(H,20,23). The third kappa shape index (κ3) is 3.27. The molecular formula is C18H17N3O3. The number of nitrogens with one attached hydrogen (secondary N) is 2. The quantitative estimate of drug-likeness (QED) is 0.669. The van der Waals surface area contributed by atoms with Crippen molar-refractivity contribution in [1.29, 1.82) is 0 Å². The molecule has 122 valence electrons. The molecule has 6 heteroatoms. The Kier molecular flexibility index (Phi) is 4.29. The van der Waals surface area contributed by atoms with Gasteiger partial charge in [0.15, 0.2) is 0 Å². The van der Waals surface area contributed by atoms with Crippen LogP contribution >= 0.6 is 0 Å². The Morgan fingerprint density at radius 1 is 1.04 bits per heavy atom. The zero-order chi connectivity index (χ0) is 17.1. The average molecular weight is 323 g/mol. The summed E-state index contributed by atoms with van der Waals surface area (Å²) in [5, 5.41) is 5.30. The molecule has 1 saturated heterocycles. The molecule has 0 spiro atoms. The number of carbonyl (C=O) groups excluding carboxylic acids is 3. The summed E-state index contributed by atoms with van der Waals surface area (Å²) in [5.41, 5.74) is 2.62. The highest BCUT2D eigenvalue weighted by Crippen LogP contribution is 2.19. The topological polar surface area (TPSA) is 78.5 Å². The number of aryl methyl sites for hydroxylation is 1. The van der Waals surface area contributed by atoms with Crippen molar-refractivity contribution in [1.82, 2.24) is 5.32 Å². The largest absolute Gasteiger partial charge is 0.336 e. The van der Waals surface area contributed by atoms with E-state index in [2.05, 4.69) is 10.6 Å². The van der Waals surface area contributed by atoms with E-state index in [1.807, 2.05) is 6.92 Å². The maximum atomic E-state index is 12.1. The fraction of sp³-hybridized carbons (Fsp3) is 0.167. The van der Waals surface area contributed by atoms with Gasteiger partial charge in [0.2, 0.25) is 0 Å². The van der Waals surface area contributed by atoms with E-state index in [1.165, 1.54) is 0 Å². The van der Waals surface area contributed by atoms with Gasteiger partial charge in [-0.2, -0.15) is 0 Å². The number of nitrogens with zero attached hydrogens (tertiary/aromatic N) is 1. The number of Topliss-reactive ketones (excluding diaryl/α,β-unsaturated/α-hetero) is 1. The summed E-state index contributed by atoms with van der Waals surface area (Å²) in [6.07, 6.45) is 0. The summed E-state index contributed by atoms with van der Waals surface area (Å²) < 4.78 is 0. The second-order valence-electron chi connectivity index (χ2n) is 5.58. The van der Waals surface area contributed by atoms with Crippen molar-refractivity contribution < 1.29 is 14.4 Å². The Balaban J connectivity index is 1.67. The van der Waals surface area contributed by atoms with E-state index in [0.29, 0.717) is 24.3 Å². The molecule has 24 heavy (non-hydrogen) atoms. The van der Waals surface area contributed by atoms with Crippen molar-refractivity contribution >= 4 is 29.1 Å². The fourth-order valence-electron chi connectivity index (χ4n) is 2.47. The van der Waals surface area contributed by atoms with Crippen LogP contribution in [-0.2, 0) is 4.79 Å². The lowest BCUT2D eigenvalue weighted by Crippen LogP contribution is -2.27. The molecule has 0 atom stereocenters. The van der Waals surface area contributed by atoms with E-state index in [1.54, 1.807) is 53.4 Å². The lowest BCUT2D eigenvalue weighted by molar-refractivity contribution is -0.112. The van der Waals surface area contributed by atoms with Crippen LogP contribution in [0.15, 0.2) is 48.5 Å². The summed E-state index contributed by atoms with van der Waals surface area (Å²) in [7, 11) is 0. The molecule has 3 rings (SSSR count). The molecule has 0 saturated carbocycles. The molecule has 1 aliphatic heterocycles. The van der Waals surface area contributed by atoms with Crippen LogP contribution in [-0.4, -0.2) is 30.8 Å². The lowest BCUT2D eigenvalue weighted by Gasteiger charge is -2.14. The van der Waals surface area contributed by atoms with Crippen LogP contribution in [0.5, 0.6) is 0 Å². The summed E-state index contributed by atoms with van der Waals surface area (Å²) in [4.78, 5) is 37.4. The summed E-state index contributed by atoms with van der Waals surface area (Å²) in [6.45, 7) is 3.13. The lowest BCUT2D eigenvalue weighted by atomic mass is 10.1. The fourth-order valence-corrected chi connectivity index (χ4v) is 2.47. The Bertz CT molecular complexity index is 782. The molecule has 1 heterocycles. The van der Waals surface area contributed by atoms with Crippen LogP contribution in [0.3, 0.4) is 0 Å². The van der Waals surface area contributed by atoms with Crippen LogP contribution in [0.1, 0.15) is 15.9 Å². The number of urea groups is 1. The highest BCUT2D eigenvalue weighted by molar-refractivity contribution is 6.46. The minimum Gasteiger partial charge on any atom is -0.336 e. The van der Waals surface area contributed by atoms with E-state index in [9.17, 15) is 14.4 Å². The Morgan fingerprint density at radius 3 is 2.29 bits per heavy atom. The number of carbonyl (C=O) groups is 3. The summed E-state index contributed by atoms with van der Waals surface area (Å²) in [6, 6.07) is 13.5. The number of amides is 3. The van der Waals surface area contributed by atoms with Crippen molar-refractivity contribution in [2.75, 3.05) is 23.3 Å². The first-order chi connectivity index (χ1) is 11.5. The second-order valence-corrected chi connectivity index (χ2v) is 5.58. The van der Waals surface area contributed by atoms with Gasteiger partial charge in [0.05, 0.1) is 0 Å². The number of benzene rings is 2. The van der Waals surface area contributed by atoms with E-state index in [4.69, 9.17) is 0 Å². The smallest absolute Gasteiger partial charge is 0.321 e. The molecule has 2 aromatic rings. The van der Waals surface area contributed by atoms with Gasteiger partial charge >= 0.3 is 6.03 Å². The SMILES string of the molecule is Cc1ccc(C(=O)C(=O)Nc2ccc(N3CCNC3=O)cc2)cc1. The maximum absolute atomic E-state index is 12.1. The number of anilines is 2. The van der Waals surface area contributed by atoms with Crippen molar-refractivity contribution in [3.8, 4) is 0 Å². The predicted octanol–water partition coefficient (Wildman–Crippen LogP) is 2.35. The molecule has 0 unspecified atom stereocenters. The molecule has 2 N–H and O–H groups in total. The van der Waals surface area contributed by atoms with Crippen molar-refractivity contribution in [2.45, 2.75) is 6.92 Å². The Hall–Kier alpha value is -3.15. The van der Waals surface area contributed by atoms with E-state index in [0.717, 1.165) is 11.3 Å². The Morgan fingerprint density at radius 2 is 1.71 bits per heavy atom. The monoisotopic (exact) mass is 323 g/mol. The van der Waals surface area contributed by atoms with Crippen LogP contribution < -0.4 is 15.5 Å². The van der Waals surface area contributed by atoms with Gasteiger partial charge < -0.3 is 10.6 Å². The van der Waals surface area contributed by atoms with Gasteiger partial charge in [0, 0.05) is 30.0 Å². The first-order valence-electron chi connectivity index (χ1n) is 7.62. The van der Waals surface area contributed by atoms with Crippen LogP contribution in [0.2, 0.25) is 0 Å². The van der Waals surface area contributed by atoms with Gasteiger partial charge in [-0.25, -0.2) is 4.79 Å². The minimum absolute atomic E-state index is 0.138. The molecule has 6 nitrogen and oxygen atoms in total. The van der Waals surface area contributed by atoms with Crippen molar-refractivity contribution in [2.24, 2.45) is 0 Å². The zero-order valence-electron chi connectivity index (χ0n) is 13.2. The summed E-state index contributed by atoms with van der Waals surface area (Å²) >= 11 is 0. The first kappa shape index (κ1) is 15.7. The average Bonchev–Trinajstić information content (AvgIpc) is 3.01. The number of hydrogen-bond donors (Lipinski definition) is 2. The van der Waals surface area contributed by atoms with Gasteiger partial charge in [0.25, 0.3) is 11.7 Å². The first-order valence-corrected chi connectivity index (χ1v) is 7.62. The van der Waals surface area contributed by atoms with E-state index < -0.39 is 11.7 Å². The van der Waals surface area contributed by atoms with E-state index in [-0.39, 0.29) is 6.03 Å². The van der Waals surface area contributed by atoms with Crippen molar-refractivity contribution in [3.63, 3.8) is 0 Å². The number of rotatable bonds is 4. The van der Waals surface area contributed by atoms with Gasteiger partial charge in [-0.3, -0.25) is 14.5 Å². The number of ketones is 1. The maximum Gasteiger partial charge on any atom is 0.321 e. The molecule has 0 radical (unpaired) electrons. The molecular weight excluding hydrogens is 306 g/mol. The predicted molar refractivity (Wildman–Crippen MR) is 91.3 cm³/mol. The zero-order valence-corrected chi connectivity index (χ0v) is 13.2. The highest BCUT2D eigenvalue weighted by Gasteiger charge is 2.21. The Labute approximate surface area is 139 Å². The molecule has 0 aliphatic carbocycles. The minimum atomic E-state index is -0.689. The molecule has 1 fully saturated rings. The third-order valence-corrected chi connectivity index (χ3v) is 3.81. The van der Waals surface area contributed by atoms with Gasteiger partial charge in [-0.15, -0.1) is 0 Å². The third-order valence-electron chi connectivity index (χ3n) is 3.81.